The first-order chi connectivity index (χ1) is 11.2. The Morgan fingerprint density at radius 1 is 1.12 bits per heavy atom. The van der Waals surface area contributed by atoms with Crippen molar-refractivity contribution in [3.05, 3.63) is 58.1 Å². The lowest BCUT2D eigenvalue weighted by molar-refractivity contribution is 0.0921. The van der Waals surface area contributed by atoms with E-state index in [1.165, 1.54) is 13.1 Å². The molecule has 0 amide bonds. The molecule has 2 aromatic rings. The van der Waals surface area contributed by atoms with Crippen molar-refractivity contribution in [2.45, 2.75) is 0 Å². The Balaban J connectivity index is 2.05. The number of rotatable bonds is 6. The number of carbonyl (C=O) groups is 1. The van der Waals surface area contributed by atoms with E-state index in [4.69, 9.17) is 27.9 Å². The lowest BCUT2D eigenvalue weighted by atomic mass is 10.1. The van der Waals surface area contributed by atoms with E-state index < -0.39 is 10.0 Å². The van der Waals surface area contributed by atoms with Gasteiger partial charge in [0.15, 0.2) is 12.4 Å². The van der Waals surface area contributed by atoms with Crippen LogP contribution in [0.4, 0.5) is 5.69 Å². The van der Waals surface area contributed by atoms with E-state index in [1.807, 2.05) is 0 Å². The number of Topliss-reactive ketones (excluding diaryl/α,β-unsaturated/α-hetero) is 1. The predicted molar refractivity (Wildman–Crippen MR) is 96.0 cm³/mol. The van der Waals surface area contributed by atoms with E-state index in [0.717, 1.165) is 10.6 Å². The van der Waals surface area contributed by atoms with Crippen LogP contribution in [0, 0.1) is 0 Å². The number of sulfonamides is 1. The summed E-state index contributed by atoms with van der Waals surface area (Å²) in [5.41, 5.74) is 0.876. The highest BCUT2D eigenvalue weighted by atomic mass is 35.5. The van der Waals surface area contributed by atoms with Gasteiger partial charge in [0.2, 0.25) is 10.0 Å². The molecule has 24 heavy (non-hydrogen) atoms. The number of hydrogen-bond acceptors (Lipinski definition) is 4. The van der Waals surface area contributed by atoms with Crippen LogP contribution in [0.25, 0.3) is 0 Å². The fraction of sp³-hybridized carbons (Fsp3) is 0.188. The molecule has 5 nitrogen and oxygen atoms in total. The maximum Gasteiger partial charge on any atom is 0.231 e. The zero-order chi connectivity index (χ0) is 17.9. The number of benzene rings is 2. The SMILES string of the molecule is CN(c1ccc(C(=O)COc2ccc(Cl)cc2Cl)cc1)S(C)(=O)=O. The molecule has 0 saturated carbocycles. The molecule has 0 fully saturated rings. The van der Waals surface area contributed by atoms with Crippen LogP contribution in [-0.4, -0.2) is 34.1 Å². The Morgan fingerprint density at radius 2 is 1.75 bits per heavy atom. The fourth-order valence-electron chi connectivity index (χ4n) is 1.87. The highest BCUT2D eigenvalue weighted by Gasteiger charge is 2.13. The molecule has 8 heteroatoms. The van der Waals surface area contributed by atoms with Gasteiger partial charge in [0.25, 0.3) is 0 Å². The third-order valence-corrected chi connectivity index (χ3v) is 5.04. The van der Waals surface area contributed by atoms with Gasteiger partial charge in [0.1, 0.15) is 5.75 Å². The molecule has 0 aromatic heterocycles. The van der Waals surface area contributed by atoms with Gasteiger partial charge in [0, 0.05) is 17.6 Å². The zero-order valence-corrected chi connectivity index (χ0v) is 15.3. The van der Waals surface area contributed by atoms with Crippen molar-refractivity contribution in [1.29, 1.82) is 0 Å². The molecule has 0 saturated heterocycles. The standard InChI is InChI=1S/C16H15Cl2NO4S/c1-19(24(2,21)22)13-6-3-11(4-7-13)15(20)10-23-16-8-5-12(17)9-14(16)18/h3-9H,10H2,1-2H3. The Labute approximate surface area is 150 Å². The first-order valence-electron chi connectivity index (χ1n) is 6.83. The molecular formula is C16H15Cl2NO4S. The summed E-state index contributed by atoms with van der Waals surface area (Å²) in [6.45, 7) is -0.192. The van der Waals surface area contributed by atoms with Crippen molar-refractivity contribution in [3.8, 4) is 5.75 Å². The molecule has 0 aliphatic heterocycles. The number of nitrogens with zero attached hydrogens (tertiary/aromatic N) is 1. The lowest BCUT2D eigenvalue weighted by Gasteiger charge is -2.16. The molecule has 0 radical (unpaired) electrons. The number of carbonyl (C=O) groups excluding carboxylic acids is 1. The van der Waals surface area contributed by atoms with Gasteiger partial charge >= 0.3 is 0 Å². The van der Waals surface area contributed by atoms with Gasteiger partial charge < -0.3 is 4.74 Å². The van der Waals surface area contributed by atoms with Crippen LogP contribution in [0.3, 0.4) is 0 Å². The normalized spacial score (nSPS) is 11.2. The maximum atomic E-state index is 12.1. The van der Waals surface area contributed by atoms with Crippen LogP contribution in [-0.2, 0) is 10.0 Å². The number of anilines is 1. The fourth-order valence-corrected chi connectivity index (χ4v) is 2.84. The van der Waals surface area contributed by atoms with Crippen LogP contribution in [0.5, 0.6) is 5.75 Å². The minimum absolute atomic E-state index is 0.192. The molecule has 0 unspecified atom stereocenters. The van der Waals surface area contributed by atoms with E-state index in [9.17, 15) is 13.2 Å². The maximum absolute atomic E-state index is 12.1. The van der Waals surface area contributed by atoms with Crippen molar-refractivity contribution < 1.29 is 17.9 Å². The van der Waals surface area contributed by atoms with Crippen molar-refractivity contribution in [1.82, 2.24) is 0 Å². The Kier molecular flexibility index (Phi) is 5.74. The smallest absolute Gasteiger partial charge is 0.231 e. The Morgan fingerprint density at radius 3 is 2.29 bits per heavy atom. The first-order valence-corrected chi connectivity index (χ1v) is 9.44. The molecule has 2 aromatic carbocycles. The summed E-state index contributed by atoms with van der Waals surface area (Å²) in [7, 11) is -1.90. The average molecular weight is 388 g/mol. The van der Waals surface area contributed by atoms with Crippen LogP contribution in [0.1, 0.15) is 10.4 Å². The van der Waals surface area contributed by atoms with E-state index in [2.05, 4.69) is 0 Å². The van der Waals surface area contributed by atoms with Crippen LogP contribution in [0.15, 0.2) is 42.5 Å². The summed E-state index contributed by atoms with van der Waals surface area (Å²) in [4.78, 5) is 12.1. The van der Waals surface area contributed by atoms with Gasteiger partial charge in [0.05, 0.1) is 17.0 Å². The predicted octanol–water partition coefficient (Wildman–Crippen LogP) is 3.65. The summed E-state index contributed by atoms with van der Waals surface area (Å²) in [6, 6.07) is 10.9. The van der Waals surface area contributed by atoms with Gasteiger partial charge in [-0.05, 0) is 42.5 Å². The molecule has 0 aliphatic carbocycles. The summed E-state index contributed by atoms with van der Waals surface area (Å²) in [6.07, 6.45) is 1.11. The summed E-state index contributed by atoms with van der Waals surface area (Å²) in [5, 5.41) is 0.796. The third kappa shape index (κ3) is 4.63. The lowest BCUT2D eigenvalue weighted by Crippen LogP contribution is -2.24. The van der Waals surface area contributed by atoms with Crippen LogP contribution in [0.2, 0.25) is 10.0 Å². The minimum atomic E-state index is -3.35. The first kappa shape index (κ1) is 18.6. The molecule has 0 N–H and O–H groups in total. The second-order valence-electron chi connectivity index (χ2n) is 5.06. The zero-order valence-electron chi connectivity index (χ0n) is 13.0. The Hall–Kier alpha value is -1.76. The van der Waals surface area contributed by atoms with Gasteiger partial charge in [-0.3, -0.25) is 9.10 Å². The number of ether oxygens (including phenoxy) is 1. The third-order valence-electron chi connectivity index (χ3n) is 3.30. The molecule has 0 heterocycles. The monoisotopic (exact) mass is 387 g/mol. The van der Waals surface area contributed by atoms with Gasteiger partial charge in [-0.25, -0.2) is 8.42 Å². The minimum Gasteiger partial charge on any atom is -0.484 e. The molecular weight excluding hydrogens is 373 g/mol. The van der Waals surface area contributed by atoms with Gasteiger partial charge in [-0.15, -0.1) is 0 Å². The number of ketones is 1. The molecule has 0 aliphatic rings. The second-order valence-corrected chi connectivity index (χ2v) is 7.92. The van der Waals surface area contributed by atoms with Crippen molar-refractivity contribution in [3.63, 3.8) is 0 Å². The number of hydrogen-bond donors (Lipinski definition) is 0. The van der Waals surface area contributed by atoms with E-state index in [-0.39, 0.29) is 12.4 Å². The summed E-state index contributed by atoms with van der Waals surface area (Å²) >= 11 is 11.8. The average Bonchev–Trinajstić information content (AvgIpc) is 2.52. The number of halogens is 2. The second kappa shape index (κ2) is 7.42. The molecule has 2 rings (SSSR count). The van der Waals surface area contributed by atoms with E-state index in [1.54, 1.807) is 36.4 Å². The topological polar surface area (TPSA) is 63.7 Å². The highest BCUT2D eigenvalue weighted by Crippen LogP contribution is 2.27. The largest absolute Gasteiger partial charge is 0.484 e. The van der Waals surface area contributed by atoms with E-state index >= 15 is 0 Å². The molecule has 128 valence electrons. The summed E-state index contributed by atoms with van der Waals surface area (Å²) < 4.78 is 29.5. The molecule has 0 spiro atoms. The van der Waals surface area contributed by atoms with Crippen molar-refractivity contribution >= 4 is 44.7 Å². The van der Waals surface area contributed by atoms with Gasteiger partial charge in [-0.2, -0.15) is 0 Å². The van der Waals surface area contributed by atoms with Crippen molar-refractivity contribution in [2.75, 3.05) is 24.2 Å². The molecule has 0 atom stereocenters. The van der Waals surface area contributed by atoms with Crippen LogP contribution >= 0.6 is 23.2 Å². The van der Waals surface area contributed by atoms with Crippen LogP contribution < -0.4 is 9.04 Å². The van der Waals surface area contributed by atoms with Crippen molar-refractivity contribution in [2.24, 2.45) is 0 Å². The van der Waals surface area contributed by atoms with E-state index in [0.29, 0.717) is 27.0 Å². The quantitative estimate of drug-likeness (QED) is 0.709. The highest BCUT2D eigenvalue weighted by molar-refractivity contribution is 7.92. The summed E-state index contributed by atoms with van der Waals surface area (Å²) in [5.74, 6) is 0.109. The Bertz CT molecular complexity index is 851. The van der Waals surface area contributed by atoms with Gasteiger partial charge in [-0.1, -0.05) is 23.2 Å². The molecule has 0 bridgehead atoms.